The minimum absolute atomic E-state index is 0.171. The second-order valence-corrected chi connectivity index (χ2v) is 5.54. The van der Waals surface area contributed by atoms with Crippen molar-refractivity contribution in [1.82, 2.24) is 16.0 Å². The molecular formula is C12H21N3O. The van der Waals surface area contributed by atoms with Crippen LogP contribution >= 0.6 is 0 Å². The summed E-state index contributed by atoms with van der Waals surface area (Å²) in [7, 11) is 0. The van der Waals surface area contributed by atoms with E-state index in [9.17, 15) is 4.79 Å². The van der Waals surface area contributed by atoms with Crippen LogP contribution in [0.2, 0.25) is 0 Å². The maximum Gasteiger partial charge on any atom is 0.224 e. The topological polar surface area (TPSA) is 53.2 Å². The first-order valence-electron chi connectivity index (χ1n) is 6.55. The third kappa shape index (κ3) is 1.74. The van der Waals surface area contributed by atoms with Crippen LogP contribution in [0.25, 0.3) is 0 Å². The number of hydrogen-bond donors (Lipinski definition) is 3. The van der Waals surface area contributed by atoms with Crippen molar-refractivity contribution in [2.75, 3.05) is 19.6 Å². The van der Waals surface area contributed by atoms with Gasteiger partial charge in [0.1, 0.15) is 0 Å². The molecule has 2 saturated heterocycles. The predicted octanol–water partition coefficient (Wildman–Crippen LogP) is -0.00330. The van der Waals surface area contributed by atoms with Crippen LogP contribution in [0.4, 0.5) is 0 Å². The zero-order chi connectivity index (χ0) is 11.0. The van der Waals surface area contributed by atoms with Gasteiger partial charge in [0.25, 0.3) is 0 Å². The lowest BCUT2D eigenvalue weighted by atomic mass is 9.87. The molecule has 1 spiro atoms. The van der Waals surface area contributed by atoms with Crippen LogP contribution in [0, 0.1) is 5.92 Å². The predicted molar refractivity (Wildman–Crippen MR) is 62.1 cm³/mol. The van der Waals surface area contributed by atoms with Crippen LogP contribution < -0.4 is 16.0 Å². The summed E-state index contributed by atoms with van der Waals surface area (Å²) in [5.41, 5.74) is 0.171. The van der Waals surface area contributed by atoms with E-state index >= 15 is 0 Å². The Bertz CT molecular complexity index is 286. The molecule has 16 heavy (non-hydrogen) atoms. The minimum atomic E-state index is 0.171. The largest absolute Gasteiger partial charge is 0.354 e. The van der Waals surface area contributed by atoms with E-state index in [4.69, 9.17) is 0 Å². The van der Waals surface area contributed by atoms with Crippen molar-refractivity contribution in [2.24, 2.45) is 5.92 Å². The number of nitrogens with one attached hydrogen (secondary N) is 3. The number of carbonyl (C=O) groups is 1. The second kappa shape index (κ2) is 4.00. The molecule has 2 aliphatic heterocycles. The van der Waals surface area contributed by atoms with E-state index in [2.05, 4.69) is 16.0 Å². The van der Waals surface area contributed by atoms with Crippen LogP contribution in [-0.4, -0.2) is 37.1 Å². The smallest absolute Gasteiger partial charge is 0.224 e. The van der Waals surface area contributed by atoms with E-state index in [1.807, 2.05) is 0 Å². The van der Waals surface area contributed by atoms with E-state index in [1.54, 1.807) is 0 Å². The zero-order valence-electron chi connectivity index (χ0n) is 9.72. The Balaban J connectivity index is 1.79. The van der Waals surface area contributed by atoms with Crippen LogP contribution in [0.5, 0.6) is 0 Å². The van der Waals surface area contributed by atoms with E-state index in [0.29, 0.717) is 6.04 Å². The molecule has 3 N–H and O–H groups in total. The number of hydrogen-bond acceptors (Lipinski definition) is 3. The Labute approximate surface area is 96.5 Å². The first kappa shape index (κ1) is 10.5. The molecule has 2 heterocycles. The van der Waals surface area contributed by atoms with Gasteiger partial charge in [-0.25, -0.2) is 0 Å². The van der Waals surface area contributed by atoms with Gasteiger partial charge in [0, 0.05) is 18.1 Å². The van der Waals surface area contributed by atoms with Gasteiger partial charge in [-0.15, -0.1) is 0 Å². The highest BCUT2D eigenvalue weighted by molar-refractivity contribution is 5.80. The van der Waals surface area contributed by atoms with Gasteiger partial charge in [-0.3, -0.25) is 4.79 Å². The highest BCUT2D eigenvalue weighted by Gasteiger charge is 2.43. The summed E-state index contributed by atoms with van der Waals surface area (Å²) in [6.07, 6.45) is 5.71. The lowest BCUT2D eigenvalue weighted by Gasteiger charge is -2.39. The van der Waals surface area contributed by atoms with Crippen LogP contribution in [0.1, 0.15) is 32.1 Å². The Morgan fingerprint density at radius 2 is 2.00 bits per heavy atom. The molecule has 90 valence electrons. The van der Waals surface area contributed by atoms with Crippen molar-refractivity contribution in [3.8, 4) is 0 Å². The number of fused-ring (bicyclic) bond motifs is 1. The number of piperidine rings is 1. The molecule has 0 radical (unpaired) electrons. The monoisotopic (exact) mass is 223 g/mol. The van der Waals surface area contributed by atoms with Crippen molar-refractivity contribution >= 4 is 5.91 Å². The molecule has 0 bridgehead atoms. The van der Waals surface area contributed by atoms with Gasteiger partial charge in [0.15, 0.2) is 0 Å². The van der Waals surface area contributed by atoms with Gasteiger partial charge in [-0.1, -0.05) is 6.42 Å². The molecule has 3 rings (SSSR count). The van der Waals surface area contributed by atoms with E-state index in [1.165, 1.54) is 12.8 Å². The molecule has 1 aliphatic carbocycles. The average Bonchev–Trinajstić information content (AvgIpc) is 2.71. The van der Waals surface area contributed by atoms with Gasteiger partial charge in [0.2, 0.25) is 5.91 Å². The molecule has 2 unspecified atom stereocenters. The van der Waals surface area contributed by atoms with Gasteiger partial charge in [-0.2, -0.15) is 0 Å². The minimum Gasteiger partial charge on any atom is -0.354 e. The fourth-order valence-corrected chi connectivity index (χ4v) is 3.50. The third-order valence-electron chi connectivity index (χ3n) is 4.51. The molecule has 0 aromatic heterocycles. The Morgan fingerprint density at radius 1 is 1.19 bits per heavy atom. The Morgan fingerprint density at radius 3 is 2.81 bits per heavy atom. The number of amides is 1. The number of carbonyl (C=O) groups excluding carboxylic acids is 1. The van der Waals surface area contributed by atoms with E-state index < -0.39 is 0 Å². The van der Waals surface area contributed by atoms with Gasteiger partial charge >= 0.3 is 0 Å². The molecule has 1 saturated carbocycles. The normalized spacial score (nSPS) is 37.9. The van der Waals surface area contributed by atoms with Crippen LogP contribution in [0.15, 0.2) is 0 Å². The summed E-state index contributed by atoms with van der Waals surface area (Å²) in [4.78, 5) is 12.0. The van der Waals surface area contributed by atoms with E-state index in [-0.39, 0.29) is 17.4 Å². The molecule has 1 amide bonds. The Hall–Kier alpha value is -0.610. The average molecular weight is 223 g/mol. The summed E-state index contributed by atoms with van der Waals surface area (Å²) >= 11 is 0. The summed E-state index contributed by atoms with van der Waals surface area (Å²) in [5.74, 6) is 0.514. The van der Waals surface area contributed by atoms with Crippen molar-refractivity contribution in [1.29, 1.82) is 0 Å². The molecule has 3 aliphatic rings. The molecule has 2 atom stereocenters. The Kier molecular flexibility index (Phi) is 2.64. The second-order valence-electron chi connectivity index (χ2n) is 5.54. The van der Waals surface area contributed by atoms with Gasteiger partial charge in [0.05, 0.1) is 5.92 Å². The quantitative estimate of drug-likeness (QED) is 0.542. The van der Waals surface area contributed by atoms with Crippen LogP contribution in [-0.2, 0) is 4.79 Å². The van der Waals surface area contributed by atoms with Crippen molar-refractivity contribution in [2.45, 2.75) is 43.7 Å². The van der Waals surface area contributed by atoms with Crippen LogP contribution in [0.3, 0.4) is 0 Å². The van der Waals surface area contributed by atoms with Crippen molar-refractivity contribution in [3.05, 3.63) is 0 Å². The molecule has 4 heteroatoms. The lowest BCUT2D eigenvalue weighted by Crippen LogP contribution is -2.58. The molecule has 0 aromatic rings. The molecule has 3 fully saturated rings. The maximum absolute atomic E-state index is 12.0. The zero-order valence-corrected chi connectivity index (χ0v) is 9.72. The highest BCUT2D eigenvalue weighted by Crippen LogP contribution is 2.31. The third-order valence-corrected chi connectivity index (χ3v) is 4.51. The molecule has 0 aromatic carbocycles. The summed E-state index contributed by atoms with van der Waals surface area (Å²) in [6.45, 7) is 2.96. The standard InChI is InChI=1S/C12H21N3O/c16-11-9-2-1-3-10(9)15-12(8-14-11)4-6-13-7-5-12/h9-10,13,15H,1-8H2,(H,14,16). The number of rotatable bonds is 0. The maximum atomic E-state index is 12.0. The van der Waals surface area contributed by atoms with Gasteiger partial charge in [-0.05, 0) is 38.8 Å². The molecule has 4 nitrogen and oxygen atoms in total. The lowest BCUT2D eigenvalue weighted by molar-refractivity contribution is -0.124. The fraction of sp³-hybridized carbons (Fsp3) is 0.917. The van der Waals surface area contributed by atoms with Gasteiger partial charge < -0.3 is 16.0 Å². The molecular weight excluding hydrogens is 202 g/mol. The summed E-state index contributed by atoms with van der Waals surface area (Å²) in [6, 6.07) is 0.431. The van der Waals surface area contributed by atoms with Crippen molar-refractivity contribution < 1.29 is 4.79 Å². The fourth-order valence-electron chi connectivity index (χ4n) is 3.50. The summed E-state index contributed by atoms with van der Waals surface area (Å²) in [5, 5.41) is 10.3. The SMILES string of the molecule is O=C1NCC2(CCNCC2)NC2CCCC12. The summed E-state index contributed by atoms with van der Waals surface area (Å²) < 4.78 is 0. The first-order chi connectivity index (χ1) is 7.79. The van der Waals surface area contributed by atoms with Crippen molar-refractivity contribution in [3.63, 3.8) is 0 Å². The highest BCUT2D eigenvalue weighted by atomic mass is 16.2. The van der Waals surface area contributed by atoms with E-state index in [0.717, 1.165) is 38.9 Å². The first-order valence-corrected chi connectivity index (χ1v) is 6.55.